The van der Waals surface area contributed by atoms with Crippen LogP contribution < -0.4 is 19.5 Å². The average Bonchev–Trinajstić information content (AvgIpc) is 2.78. The minimum atomic E-state index is -0.0717. The maximum atomic E-state index is 12.4. The molecule has 0 spiro atoms. The van der Waals surface area contributed by atoms with Crippen LogP contribution in [0.2, 0.25) is 0 Å². The molecule has 1 aliphatic heterocycles. The molecule has 0 saturated heterocycles. The summed E-state index contributed by atoms with van der Waals surface area (Å²) in [5, 5.41) is 12.3. The van der Waals surface area contributed by atoms with Crippen molar-refractivity contribution in [2.75, 3.05) is 46.3 Å². The van der Waals surface area contributed by atoms with Crippen LogP contribution in [0, 0.1) is 0 Å². The van der Waals surface area contributed by atoms with Crippen molar-refractivity contribution in [2.45, 2.75) is 12.8 Å². The standard InChI is InChI=1S/C23H28N2O5/c1-28-20-14-18(15-21(29-2)23(20)30-3)24-22(27)10-13-25-11-8-17(9-12-25)16-4-6-19(26)7-5-16/h4-8,14-15,26H,9-13H2,1-3H3,(H,24,27). The van der Waals surface area contributed by atoms with E-state index in [1.807, 2.05) is 12.1 Å². The van der Waals surface area contributed by atoms with Gasteiger partial charge in [0.2, 0.25) is 11.7 Å². The molecule has 0 aromatic heterocycles. The molecule has 2 N–H and O–H groups in total. The highest BCUT2D eigenvalue weighted by molar-refractivity contribution is 5.91. The molecule has 1 aliphatic rings. The number of phenols is 1. The second-order valence-corrected chi connectivity index (χ2v) is 7.04. The van der Waals surface area contributed by atoms with Crippen LogP contribution in [0.4, 0.5) is 5.69 Å². The zero-order valence-corrected chi connectivity index (χ0v) is 17.6. The summed E-state index contributed by atoms with van der Waals surface area (Å²) >= 11 is 0. The topological polar surface area (TPSA) is 80.3 Å². The molecule has 3 rings (SSSR count). The fourth-order valence-corrected chi connectivity index (χ4v) is 3.49. The van der Waals surface area contributed by atoms with Gasteiger partial charge in [0.05, 0.1) is 21.3 Å². The molecule has 0 fully saturated rings. The molecule has 0 saturated carbocycles. The van der Waals surface area contributed by atoms with Gasteiger partial charge >= 0.3 is 0 Å². The van der Waals surface area contributed by atoms with E-state index >= 15 is 0 Å². The number of carbonyl (C=O) groups is 1. The average molecular weight is 412 g/mol. The van der Waals surface area contributed by atoms with Gasteiger partial charge in [0, 0.05) is 43.9 Å². The van der Waals surface area contributed by atoms with Crippen LogP contribution in [0.15, 0.2) is 42.5 Å². The van der Waals surface area contributed by atoms with Crippen molar-refractivity contribution in [2.24, 2.45) is 0 Å². The van der Waals surface area contributed by atoms with Gasteiger partial charge < -0.3 is 24.6 Å². The van der Waals surface area contributed by atoms with Gasteiger partial charge in [0.15, 0.2) is 11.5 Å². The Morgan fingerprint density at radius 2 is 1.73 bits per heavy atom. The SMILES string of the molecule is COc1cc(NC(=O)CCN2CC=C(c3ccc(O)cc3)CC2)cc(OC)c1OC. The molecule has 1 heterocycles. The lowest BCUT2D eigenvalue weighted by molar-refractivity contribution is -0.116. The van der Waals surface area contributed by atoms with Crippen molar-refractivity contribution in [1.82, 2.24) is 4.90 Å². The number of amides is 1. The molecule has 0 bridgehead atoms. The lowest BCUT2D eigenvalue weighted by Gasteiger charge is -2.26. The first-order valence-corrected chi connectivity index (χ1v) is 9.84. The quantitative estimate of drug-likeness (QED) is 0.690. The van der Waals surface area contributed by atoms with Crippen LogP contribution in [0.5, 0.6) is 23.0 Å². The van der Waals surface area contributed by atoms with Crippen LogP contribution in [0.1, 0.15) is 18.4 Å². The molecule has 0 unspecified atom stereocenters. The van der Waals surface area contributed by atoms with Gasteiger partial charge in [-0.25, -0.2) is 0 Å². The number of ether oxygens (including phenoxy) is 3. The Hall–Kier alpha value is -3.19. The zero-order chi connectivity index (χ0) is 21.5. The van der Waals surface area contributed by atoms with Gasteiger partial charge in [0.1, 0.15) is 5.75 Å². The Morgan fingerprint density at radius 3 is 2.27 bits per heavy atom. The highest BCUT2D eigenvalue weighted by atomic mass is 16.5. The molecule has 30 heavy (non-hydrogen) atoms. The summed E-state index contributed by atoms with van der Waals surface area (Å²) in [6.07, 6.45) is 3.49. The molecular weight excluding hydrogens is 384 g/mol. The second-order valence-electron chi connectivity index (χ2n) is 7.04. The summed E-state index contributed by atoms with van der Waals surface area (Å²) in [4.78, 5) is 14.7. The number of hydrogen-bond donors (Lipinski definition) is 2. The third kappa shape index (κ3) is 5.24. The number of methoxy groups -OCH3 is 3. The summed E-state index contributed by atoms with van der Waals surface area (Å²) in [7, 11) is 4.62. The molecule has 0 radical (unpaired) electrons. The van der Waals surface area contributed by atoms with E-state index < -0.39 is 0 Å². The normalized spacial score (nSPS) is 14.0. The third-order valence-corrected chi connectivity index (χ3v) is 5.13. The highest BCUT2D eigenvalue weighted by Gasteiger charge is 2.16. The van der Waals surface area contributed by atoms with E-state index in [-0.39, 0.29) is 11.7 Å². The van der Waals surface area contributed by atoms with E-state index in [4.69, 9.17) is 14.2 Å². The van der Waals surface area contributed by atoms with E-state index in [2.05, 4.69) is 16.3 Å². The first kappa shape index (κ1) is 21.5. The smallest absolute Gasteiger partial charge is 0.225 e. The summed E-state index contributed by atoms with van der Waals surface area (Å²) in [5.41, 5.74) is 3.00. The summed E-state index contributed by atoms with van der Waals surface area (Å²) in [6.45, 7) is 2.37. The van der Waals surface area contributed by atoms with Crippen molar-refractivity contribution in [1.29, 1.82) is 0 Å². The fraction of sp³-hybridized carbons (Fsp3) is 0.348. The monoisotopic (exact) mass is 412 g/mol. The lowest BCUT2D eigenvalue weighted by atomic mass is 9.99. The van der Waals surface area contributed by atoms with E-state index in [9.17, 15) is 9.90 Å². The lowest BCUT2D eigenvalue weighted by Crippen LogP contribution is -2.31. The zero-order valence-electron chi connectivity index (χ0n) is 17.6. The van der Waals surface area contributed by atoms with Gasteiger partial charge in [-0.1, -0.05) is 18.2 Å². The van der Waals surface area contributed by atoms with Gasteiger partial charge in [-0.15, -0.1) is 0 Å². The number of benzene rings is 2. The van der Waals surface area contributed by atoms with Crippen molar-refractivity contribution >= 4 is 17.2 Å². The predicted molar refractivity (Wildman–Crippen MR) is 116 cm³/mol. The number of aromatic hydroxyl groups is 1. The van der Waals surface area contributed by atoms with Gasteiger partial charge in [0.25, 0.3) is 0 Å². The highest BCUT2D eigenvalue weighted by Crippen LogP contribution is 2.39. The van der Waals surface area contributed by atoms with Gasteiger partial charge in [-0.05, 0) is 29.7 Å². The minimum Gasteiger partial charge on any atom is -0.508 e. The minimum absolute atomic E-state index is 0.0717. The Balaban J connectivity index is 1.54. The number of nitrogens with one attached hydrogen (secondary N) is 1. The van der Waals surface area contributed by atoms with Crippen molar-refractivity contribution in [3.8, 4) is 23.0 Å². The van der Waals surface area contributed by atoms with E-state index in [1.54, 1.807) is 45.6 Å². The number of phenolic OH excluding ortho intramolecular Hbond substituents is 1. The maximum absolute atomic E-state index is 12.4. The Labute approximate surface area is 176 Å². The molecule has 160 valence electrons. The van der Waals surface area contributed by atoms with Crippen LogP contribution in [0.25, 0.3) is 5.57 Å². The van der Waals surface area contributed by atoms with Crippen molar-refractivity contribution in [3.05, 3.63) is 48.0 Å². The van der Waals surface area contributed by atoms with Gasteiger partial charge in [-0.3, -0.25) is 9.69 Å². The number of anilines is 1. The van der Waals surface area contributed by atoms with E-state index in [1.165, 1.54) is 5.57 Å². The Kier molecular flexibility index (Phi) is 7.19. The summed E-state index contributed by atoms with van der Waals surface area (Å²) in [6, 6.07) is 10.7. The molecule has 2 aromatic carbocycles. The molecule has 7 heteroatoms. The molecule has 0 atom stereocenters. The Bertz CT molecular complexity index is 883. The van der Waals surface area contributed by atoms with Crippen LogP contribution >= 0.6 is 0 Å². The van der Waals surface area contributed by atoms with Crippen LogP contribution in [0.3, 0.4) is 0 Å². The number of hydrogen-bond acceptors (Lipinski definition) is 6. The first-order valence-electron chi connectivity index (χ1n) is 9.84. The molecule has 1 amide bonds. The number of nitrogens with zero attached hydrogens (tertiary/aromatic N) is 1. The van der Waals surface area contributed by atoms with Crippen molar-refractivity contribution < 1.29 is 24.1 Å². The fourth-order valence-electron chi connectivity index (χ4n) is 3.49. The number of rotatable bonds is 8. The first-order chi connectivity index (χ1) is 14.5. The van der Waals surface area contributed by atoms with Crippen molar-refractivity contribution in [3.63, 3.8) is 0 Å². The largest absolute Gasteiger partial charge is 0.508 e. The molecular formula is C23H28N2O5. The van der Waals surface area contributed by atoms with E-state index in [0.717, 1.165) is 25.1 Å². The summed E-state index contributed by atoms with van der Waals surface area (Å²) < 4.78 is 16.0. The van der Waals surface area contributed by atoms with Gasteiger partial charge in [-0.2, -0.15) is 0 Å². The third-order valence-electron chi connectivity index (χ3n) is 5.13. The molecule has 7 nitrogen and oxygen atoms in total. The van der Waals surface area contributed by atoms with Crippen LogP contribution in [-0.4, -0.2) is 56.9 Å². The van der Waals surface area contributed by atoms with E-state index in [0.29, 0.717) is 35.9 Å². The molecule has 0 aliphatic carbocycles. The maximum Gasteiger partial charge on any atom is 0.225 e. The predicted octanol–water partition coefficient (Wildman–Crippen LogP) is 3.54. The van der Waals surface area contributed by atoms with Crippen LogP contribution in [-0.2, 0) is 4.79 Å². The second kappa shape index (κ2) is 10.0. The summed E-state index contributed by atoms with van der Waals surface area (Å²) in [5.74, 6) is 1.68. The Morgan fingerprint density at radius 1 is 1.07 bits per heavy atom. The number of carbonyl (C=O) groups excluding carboxylic acids is 1. The molecule has 2 aromatic rings.